The molecular formula is C22H25N3O2. The molecule has 0 radical (unpaired) electrons. The molecule has 0 saturated carbocycles. The van der Waals surface area contributed by atoms with Gasteiger partial charge < -0.3 is 10.1 Å². The van der Waals surface area contributed by atoms with Crippen molar-refractivity contribution in [2.75, 3.05) is 11.9 Å². The van der Waals surface area contributed by atoms with Gasteiger partial charge in [0.2, 0.25) is 0 Å². The van der Waals surface area contributed by atoms with Crippen LogP contribution in [0.4, 0.5) is 5.82 Å². The molecule has 1 heterocycles. The lowest BCUT2D eigenvalue weighted by atomic mass is 10.0. The minimum absolute atomic E-state index is 0.0415. The van der Waals surface area contributed by atoms with E-state index in [1.807, 2.05) is 65.3 Å². The summed E-state index contributed by atoms with van der Waals surface area (Å²) in [4.78, 5) is 12.5. The molecule has 5 nitrogen and oxygen atoms in total. The standard InChI is InChI=1S/C22H25N3O2/c1-3-17(2)25-20(14-15-23-25)24-21(26)16-27-22(18-10-6-4-7-11-18)19-12-8-5-9-13-19/h4-15,17,22H,3,16H2,1-2H3,(H,24,26). The van der Waals surface area contributed by atoms with Crippen molar-refractivity contribution >= 4 is 11.7 Å². The van der Waals surface area contributed by atoms with E-state index in [2.05, 4.69) is 24.3 Å². The van der Waals surface area contributed by atoms with E-state index in [-0.39, 0.29) is 24.7 Å². The smallest absolute Gasteiger partial charge is 0.251 e. The van der Waals surface area contributed by atoms with Gasteiger partial charge in [0.1, 0.15) is 18.5 Å². The molecule has 0 spiro atoms. The Morgan fingerprint density at radius 2 is 1.63 bits per heavy atom. The molecule has 0 saturated heterocycles. The normalized spacial score (nSPS) is 12.1. The summed E-state index contributed by atoms with van der Waals surface area (Å²) in [5.41, 5.74) is 2.03. The SMILES string of the molecule is CCC(C)n1nccc1NC(=O)COC(c1ccccc1)c1ccccc1. The zero-order valence-corrected chi connectivity index (χ0v) is 15.7. The van der Waals surface area contributed by atoms with Gasteiger partial charge in [0, 0.05) is 6.07 Å². The topological polar surface area (TPSA) is 56.2 Å². The molecule has 3 rings (SSSR count). The van der Waals surface area contributed by atoms with Crippen LogP contribution in [0.2, 0.25) is 0 Å². The van der Waals surface area contributed by atoms with Crippen molar-refractivity contribution in [3.05, 3.63) is 84.1 Å². The zero-order chi connectivity index (χ0) is 19.1. The second kappa shape index (κ2) is 9.14. The van der Waals surface area contributed by atoms with Gasteiger partial charge in [-0.15, -0.1) is 0 Å². The number of anilines is 1. The molecule has 0 bridgehead atoms. The van der Waals surface area contributed by atoms with Gasteiger partial charge in [-0.25, -0.2) is 4.68 Å². The van der Waals surface area contributed by atoms with Crippen LogP contribution in [0.1, 0.15) is 43.5 Å². The lowest BCUT2D eigenvalue weighted by molar-refractivity contribution is -0.122. The second-order valence-electron chi connectivity index (χ2n) is 6.48. The Kier molecular flexibility index (Phi) is 6.39. The van der Waals surface area contributed by atoms with Crippen molar-refractivity contribution in [2.45, 2.75) is 32.4 Å². The molecule has 0 aliphatic rings. The largest absolute Gasteiger partial charge is 0.359 e. The highest BCUT2D eigenvalue weighted by molar-refractivity contribution is 5.90. The number of rotatable bonds is 8. The van der Waals surface area contributed by atoms with Crippen LogP contribution in [0, 0.1) is 0 Å². The van der Waals surface area contributed by atoms with Crippen LogP contribution in [0.5, 0.6) is 0 Å². The monoisotopic (exact) mass is 363 g/mol. The third-order valence-corrected chi connectivity index (χ3v) is 4.53. The average Bonchev–Trinajstić information content (AvgIpc) is 3.17. The summed E-state index contributed by atoms with van der Waals surface area (Å²) in [5, 5.41) is 7.19. The number of nitrogens with zero attached hydrogens (tertiary/aromatic N) is 2. The van der Waals surface area contributed by atoms with Crippen LogP contribution >= 0.6 is 0 Å². The maximum Gasteiger partial charge on any atom is 0.251 e. The van der Waals surface area contributed by atoms with E-state index in [1.54, 1.807) is 12.3 Å². The van der Waals surface area contributed by atoms with Crippen molar-refractivity contribution in [1.82, 2.24) is 9.78 Å². The first-order valence-corrected chi connectivity index (χ1v) is 9.24. The molecule has 1 unspecified atom stereocenters. The maximum atomic E-state index is 12.5. The number of amides is 1. The molecule has 1 amide bonds. The number of nitrogens with one attached hydrogen (secondary N) is 1. The molecule has 1 atom stereocenters. The summed E-state index contributed by atoms with van der Waals surface area (Å²) in [6, 6.07) is 21.9. The Morgan fingerprint density at radius 1 is 1.04 bits per heavy atom. The molecule has 1 aromatic heterocycles. The number of carbonyl (C=O) groups is 1. The van der Waals surface area contributed by atoms with Crippen LogP contribution in [-0.2, 0) is 9.53 Å². The van der Waals surface area contributed by atoms with Crippen LogP contribution < -0.4 is 5.32 Å². The van der Waals surface area contributed by atoms with E-state index in [0.717, 1.165) is 17.5 Å². The Hall–Kier alpha value is -2.92. The van der Waals surface area contributed by atoms with Crippen LogP contribution in [0.15, 0.2) is 72.9 Å². The molecule has 27 heavy (non-hydrogen) atoms. The third-order valence-electron chi connectivity index (χ3n) is 4.53. The Labute approximate surface area is 160 Å². The first-order chi connectivity index (χ1) is 13.2. The average molecular weight is 363 g/mol. The minimum Gasteiger partial charge on any atom is -0.359 e. The van der Waals surface area contributed by atoms with Gasteiger partial charge in [0.05, 0.1) is 12.2 Å². The summed E-state index contributed by atoms with van der Waals surface area (Å²) in [6.45, 7) is 4.12. The fourth-order valence-corrected chi connectivity index (χ4v) is 2.92. The van der Waals surface area contributed by atoms with Crippen molar-refractivity contribution in [1.29, 1.82) is 0 Å². The molecule has 0 aliphatic carbocycles. The van der Waals surface area contributed by atoms with Crippen molar-refractivity contribution in [3.63, 3.8) is 0 Å². The summed E-state index contributed by atoms with van der Waals surface area (Å²) >= 11 is 0. The van der Waals surface area contributed by atoms with Gasteiger partial charge in [-0.3, -0.25) is 4.79 Å². The van der Waals surface area contributed by atoms with E-state index < -0.39 is 0 Å². The van der Waals surface area contributed by atoms with Crippen LogP contribution in [-0.4, -0.2) is 22.3 Å². The molecule has 1 N–H and O–H groups in total. The number of ether oxygens (including phenoxy) is 1. The van der Waals surface area contributed by atoms with Crippen molar-refractivity contribution < 1.29 is 9.53 Å². The van der Waals surface area contributed by atoms with Gasteiger partial charge >= 0.3 is 0 Å². The summed E-state index contributed by atoms with van der Waals surface area (Å²) in [5.74, 6) is 0.492. The Bertz CT molecular complexity index is 807. The molecule has 140 valence electrons. The molecule has 2 aromatic carbocycles. The highest BCUT2D eigenvalue weighted by atomic mass is 16.5. The summed E-state index contributed by atoms with van der Waals surface area (Å²) in [6.07, 6.45) is 2.34. The lowest BCUT2D eigenvalue weighted by Crippen LogP contribution is -2.23. The first kappa shape index (κ1) is 18.9. The van der Waals surface area contributed by atoms with Crippen molar-refractivity contribution in [2.24, 2.45) is 0 Å². The second-order valence-corrected chi connectivity index (χ2v) is 6.48. The van der Waals surface area contributed by atoms with Crippen LogP contribution in [0.3, 0.4) is 0 Å². The predicted molar refractivity (Wildman–Crippen MR) is 107 cm³/mol. The van der Waals surface area contributed by atoms with E-state index >= 15 is 0 Å². The molecule has 0 fully saturated rings. The molecule has 0 aliphatic heterocycles. The predicted octanol–water partition coefficient (Wildman–Crippen LogP) is 4.60. The number of hydrogen-bond donors (Lipinski definition) is 1. The zero-order valence-electron chi connectivity index (χ0n) is 15.7. The maximum absolute atomic E-state index is 12.5. The van der Waals surface area contributed by atoms with Crippen LogP contribution in [0.25, 0.3) is 0 Å². The summed E-state index contributed by atoms with van der Waals surface area (Å²) < 4.78 is 7.83. The molecule has 3 aromatic rings. The van der Waals surface area contributed by atoms with Gasteiger partial charge in [0.25, 0.3) is 5.91 Å². The fraction of sp³-hybridized carbons (Fsp3) is 0.273. The minimum atomic E-state index is -0.294. The van der Waals surface area contributed by atoms with Gasteiger partial charge in [-0.2, -0.15) is 5.10 Å². The number of aromatic nitrogens is 2. The Balaban J connectivity index is 1.69. The van der Waals surface area contributed by atoms with Crippen molar-refractivity contribution in [3.8, 4) is 0 Å². The molecular weight excluding hydrogens is 338 g/mol. The Morgan fingerprint density at radius 3 is 2.19 bits per heavy atom. The third kappa shape index (κ3) is 4.83. The number of carbonyl (C=O) groups excluding carboxylic acids is 1. The van der Waals surface area contributed by atoms with Gasteiger partial charge in [-0.05, 0) is 24.5 Å². The first-order valence-electron chi connectivity index (χ1n) is 9.24. The number of benzene rings is 2. The quantitative estimate of drug-likeness (QED) is 0.636. The van der Waals surface area contributed by atoms with Gasteiger partial charge in [0.15, 0.2) is 0 Å². The number of hydrogen-bond acceptors (Lipinski definition) is 3. The van der Waals surface area contributed by atoms with E-state index in [9.17, 15) is 4.79 Å². The fourth-order valence-electron chi connectivity index (χ4n) is 2.92. The molecule has 5 heteroatoms. The highest BCUT2D eigenvalue weighted by Crippen LogP contribution is 2.25. The van der Waals surface area contributed by atoms with E-state index in [4.69, 9.17) is 4.74 Å². The summed E-state index contributed by atoms with van der Waals surface area (Å²) in [7, 11) is 0. The van der Waals surface area contributed by atoms with E-state index in [0.29, 0.717) is 5.82 Å². The van der Waals surface area contributed by atoms with Gasteiger partial charge in [-0.1, -0.05) is 67.6 Å². The highest BCUT2D eigenvalue weighted by Gasteiger charge is 2.17. The lowest BCUT2D eigenvalue weighted by Gasteiger charge is -2.19. The van der Waals surface area contributed by atoms with E-state index in [1.165, 1.54) is 0 Å².